The van der Waals surface area contributed by atoms with Gasteiger partial charge in [-0.2, -0.15) is 0 Å². The van der Waals surface area contributed by atoms with Crippen molar-refractivity contribution < 1.29 is 5.21 Å². The number of oxime groups is 1. The summed E-state index contributed by atoms with van der Waals surface area (Å²) >= 11 is 1.69. The van der Waals surface area contributed by atoms with Gasteiger partial charge in [-0.05, 0) is 30.2 Å². The molecular formula is C11H17N3OS. The fourth-order valence-electron chi connectivity index (χ4n) is 1.10. The summed E-state index contributed by atoms with van der Waals surface area (Å²) in [5, 5.41) is 12.4. The maximum atomic E-state index is 8.56. The largest absolute Gasteiger partial charge is 0.409 e. The Labute approximate surface area is 99.9 Å². The van der Waals surface area contributed by atoms with Gasteiger partial charge in [0, 0.05) is 11.8 Å². The zero-order chi connectivity index (χ0) is 12.0. The van der Waals surface area contributed by atoms with Gasteiger partial charge < -0.3 is 10.9 Å². The maximum Gasteiger partial charge on any atom is 0.170 e. The average Bonchev–Trinajstić information content (AvgIpc) is 2.28. The number of amidine groups is 1. The summed E-state index contributed by atoms with van der Waals surface area (Å²) in [5.74, 6) is 1.84. The smallest absolute Gasteiger partial charge is 0.170 e. The van der Waals surface area contributed by atoms with Crippen LogP contribution in [-0.4, -0.2) is 21.8 Å². The Bertz CT molecular complexity index is 366. The van der Waals surface area contributed by atoms with Gasteiger partial charge in [-0.1, -0.05) is 19.0 Å². The Balaban J connectivity index is 2.61. The van der Waals surface area contributed by atoms with Crippen molar-refractivity contribution in [1.29, 1.82) is 0 Å². The number of nitrogens with zero attached hydrogens (tertiary/aromatic N) is 2. The number of nitrogens with two attached hydrogens (primary N) is 1. The molecule has 1 rings (SSSR count). The molecule has 5 heteroatoms. The summed E-state index contributed by atoms with van der Waals surface area (Å²) < 4.78 is 0. The third-order valence-electron chi connectivity index (χ3n) is 2.08. The minimum absolute atomic E-state index is 0.119. The first kappa shape index (κ1) is 12.8. The number of pyridine rings is 1. The van der Waals surface area contributed by atoms with Crippen molar-refractivity contribution in [3.05, 3.63) is 23.9 Å². The monoisotopic (exact) mass is 239 g/mol. The minimum Gasteiger partial charge on any atom is -0.409 e. The average molecular weight is 239 g/mol. The summed E-state index contributed by atoms with van der Waals surface area (Å²) in [6.07, 6.45) is 2.82. The van der Waals surface area contributed by atoms with Crippen molar-refractivity contribution in [3.63, 3.8) is 0 Å². The van der Waals surface area contributed by atoms with Crippen LogP contribution in [0.5, 0.6) is 0 Å². The highest BCUT2D eigenvalue weighted by Gasteiger charge is 2.02. The maximum absolute atomic E-state index is 8.56. The summed E-state index contributed by atoms with van der Waals surface area (Å²) in [5.41, 5.74) is 6.20. The Morgan fingerprint density at radius 3 is 3.00 bits per heavy atom. The van der Waals surface area contributed by atoms with E-state index in [-0.39, 0.29) is 5.84 Å². The van der Waals surface area contributed by atoms with E-state index in [1.54, 1.807) is 24.0 Å². The Morgan fingerprint density at radius 2 is 2.38 bits per heavy atom. The van der Waals surface area contributed by atoms with Crippen molar-refractivity contribution in [1.82, 2.24) is 4.98 Å². The Kier molecular flexibility index (Phi) is 5.11. The van der Waals surface area contributed by atoms with Crippen molar-refractivity contribution in [2.75, 3.05) is 5.75 Å². The van der Waals surface area contributed by atoms with Crippen molar-refractivity contribution in [2.45, 2.75) is 25.3 Å². The van der Waals surface area contributed by atoms with Gasteiger partial charge in [0.15, 0.2) is 5.84 Å². The van der Waals surface area contributed by atoms with Gasteiger partial charge in [0.05, 0.1) is 5.03 Å². The van der Waals surface area contributed by atoms with Gasteiger partial charge >= 0.3 is 0 Å². The molecule has 4 nitrogen and oxygen atoms in total. The summed E-state index contributed by atoms with van der Waals surface area (Å²) in [4.78, 5) is 4.22. The van der Waals surface area contributed by atoms with Crippen LogP contribution in [0, 0.1) is 5.92 Å². The highest BCUT2D eigenvalue weighted by Crippen LogP contribution is 2.18. The summed E-state index contributed by atoms with van der Waals surface area (Å²) in [6.45, 7) is 4.39. The molecule has 1 aromatic rings. The fraction of sp³-hybridized carbons (Fsp3) is 0.455. The zero-order valence-corrected chi connectivity index (χ0v) is 10.4. The number of hydrogen-bond acceptors (Lipinski definition) is 4. The van der Waals surface area contributed by atoms with Crippen LogP contribution in [0.25, 0.3) is 0 Å². The van der Waals surface area contributed by atoms with Gasteiger partial charge in [0.25, 0.3) is 0 Å². The van der Waals surface area contributed by atoms with Gasteiger partial charge in [0.2, 0.25) is 0 Å². The fourth-order valence-corrected chi connectivity index (χ4v) is 2.25. The van der Waals surface area contributed by atoms with Crippen LogP contribution < -0.4 is 5.73 Å². The molecule has 16 heavy (non-hydrogen) atoms. The van der Waals surface area contributed by atoms with Crippen LogP contribution in [0.2, 0.25) is 0 Å². The third kappa shape index (κ3) is 4.10. The SMILES string of the molecule is CC(C)CCSc1cc(/C(N)=N/O)ccn1. The molecule has 1 heterocycles. The molecule has 0 saturated heterocycles. The number of thioether (sulfide) groups is 1. The molecule has 0 aromatic carbocycles. The van der Waals surface area contributed by atoms with E-state index in [4.69, 9.17) is 10.9 Å². The molecule has 0 saturated carbocycles. The molecule has 0 aliphatic heterocycles. The van der Waals surface area contributed by atoms with E-state index in [1.807, 2.05) is 6.07 Å². The topological polar surface area (TPSA) is 71.5 Å². The highest BCUT2D eigenvalue weighted by atomic mass is 32.2. The number of hydrogen-bond donors (Lipinski definition) is 2. The van der Waals surface area contributed by atoms with Gasteiger partial charge in [-0.15, -0.1) is 11.8 Å². The number of aromatic nitrogens is 1. The third-order valence-corrected chi connectivity index (χ3v) is 3.04. The molecule has 0 radical (unpaired) electrons. The van der Waals surface area contributed by atoms with Gasteiger partial charge in [-0.25, -0.2) is 4.98 Å². The molecule has 0 aliphatic carbocycles. The van der Waals surface area contributed by atoms with E-state index in [2.05, 4.69) is 24.0 Å². The standard InChI is InChI=1S/C11H17N3OS/c1-8(2)4-6-16-10-7-9(3-5-13-10)11(12)14-15/h3,5,7-8,15H,4,6H2,1-2H3,(H2,12,14). The molecule has 0 spiro atoms. The molecule has 0 amide bonds. The first-order chi connectivity index (χ1) is 7.63. The lowest BCUT2D eigenvalue weighted by atomic mass is 10.2. The van der Waals surface area contributed by atoms with Crippen LogP contribution in [0.4, 0.5) is 0 Å². The second kappa shape index (κ2) is 6.37. The first-order valence-corrected chi connectivity index (χ1v) is 6.18. The zero-order valence-electron chi connectivity index (χ0n) is 9.55. The molecule has 88 valence electrons. The lowest BCUT2D eigenvalue weighted by molar-refractivity contribution is 0.318. The van der Waals surface area contributed by atoms with Crippen LogP contribution >= 0.6 is 11.8 Å². The molecule has 0 fully saturated rings. The summed E-state index contributed by atoms with van der Waals surface area (Å²) in [6, 6.07) is 3.56. The predicted molar refractivity (Wildman–Crippen MR) is 66.9 cm³/mol. The van der Waals surface area contributed by atoms with Gasteiger partial charge in [-0.3, -0.25) is 0 Å². The van der Waals surface area contributed by atoms with E-state index in [1.165, 1.54) is 0 Å². The second-order valence-electron chi connectivity index (χ2n) is 3.90. The number of rotatable bonds is 5. The van der Waals surface area contributed by atoms with E-state index >= 15 is 0 Å². The summed E-state index contributed by atoms with van der Waals surface area (Å²) in [7, 11) is 0. The molecule has 0 unspecified atom stereocenters. The van der Waals surface area contributed by atoms with Crippen LogP contribution in [0.1, 0.15) is 25.8 Å². The Morgan fingerprint density at radius 1 is 1.62 bits per heavy atom. The van der Waals surface area contributed by atoms with E-state index in [0.717, 1.165) is 17.2 Å². The molecule has 3 N–H and O–H groups in total. The normalized spacial score (nSPS) is 12.1. The molecule has 0 atom stereocenters. The molecule has 0 aliphatic rings. The quantitative estimate of drug-likeness (QED) is 0.272. The van der Waals surface area contributed by atoms with Crippen molar-refractivity contribution in [2.24, 2.45) is 16.8 Å². The lowest BCUT2D eigenvalue weighted by Crippen LogP contribution is -2.13. The van der Waals surface area contributed by atoms with E-state index < -0.39 is 0 Å². The lowest BCUT2D eigenvalue weighted by Gasteiger charge is -2.05. The first-order valence-electron chi connectivity index (χ1n) is 5.20. The van der Waals surface area contributed by atoms with Gasteiger partial charge in [0.1, 0.15) is 0 Å². The van der Waals surface area contributed by atoms with Crippen molar-refractivity contribution >= 4 is 17.6 Å². The minimum atomic E-state index is 0.119. The van der Waals surface area contributed by atoms with Crippen LogP contribution in [-0.2, 0) is 0 Å². The molecular weight excluding hydrogens is 222 g/mol. The second-order valence-corrected chi connectivity index (χ2v) is 5.01. The van der Waals surface area contributed by atoms with Crippen molar-refractivity contribution in [3.8, 4) is 0 Å². The predicted octanol–water partition coefficient (Wildman–Crippen LogP) is 2.31. The Hall–Kier alpha value is -1.23. The van der Waals surface area contributed by atoms with Crippen LogP contribution in [0.15, 0.2) is 28.5 Å². The molecule has 1 aromatic heterocycles. The molecule has 0 bridgehead atoms. The van der Waals surface area contributed by atoms with Crippen LogP contribution in [0.3, 0.4) is 0 Å². The van der Waals surface area contributed by atoms with E-state index in [9.17, 15) is 0 Å². The van der Waals surface area contributed by atoms with E-state index in [0.29, 0.717) is 11.5 Å². The highest BCUT2D eigenvalue weighted by molar-refractivity contribution is 7.99.